The van der Waals surface area contributed by atoms with E-state index >= 15 is 0 Å². The third-order valence-electron chi connectivity index (χ3n) is 2.72. The van der Waals surface area contributed by atoms with Gasteiger partial charge in [0.15, 0.2) is 0 Å². The van der Waals surface area contributed by atoms with Gasteiger partial charge in [-0.05, 0) is 37.1 Å². The van der Waals surface area contributed by atoms with Gasteiger partial charge in [-0.25, -0.2) is 9.37 Å². The molecule has 1 aliphatic carbocycles. The SMILES string of the molecule is Fc1ccc(-n2ccnc2C2CC2)cc1. The molecule has 0 amide bonds. The van der Waals surface area contributed by atoms with E-state index in [1.54, 1.807) is 18.3 Å². The van der Waals surface area contributed by atoms with E-state index in [9.17, 15) is 4.39 Å². The van der Waals surface area contributed by atoms with E-state index in [0.717, 1.165) is 11.5 Å². The molecule has 1 saturated carbocycles. The van der Waals surface area contributed by atoms with Gasteiger partial charge in [-0.3, -0.25) is 0 Å². The molecule has 0 aliphatic heterocycles. The molecule has 0 atom stereocenters. The first kappa shape index (κ1) is 8.65. The molecule has 0 spiro atoms. The van der Waals surface area contributed by atoms with Crippen molar-refractivity contribution in [3.8, 4) is 5.69 Å². The number of aromatic nitrogens is 2. The normalized spacial score (nSPS) is 15.5. The molecule has 0 bridgehead atoms. The van der Waals surface area contributed by atoms with E-state index in [-0.39, 0.29) is 5.82 Å². The molecule has 1 aromatic heterocycles. The van der Waals surface area contributed by atoms with Gasteiger partial charge in [-0.2, -0.15) is 0 Å². The third kappa shape index (κ3) is 1.54. The highest BCUT2D eigenvalue weighted by Gasteiger charge is 2.28. The predicted molar refractivity (Wildman–Crippen MR) is 55.5 cm³/mol. The molecule has 0 saturated heterocycles. The van der Waals surface area contributed by atoms with E-state index in [1.807, 2.05) is 10.8 Å². The highest BCUT2D eigenvalue weighted by Crippen LogP contribution is 2.39. The fourth-order valence-electron chi connectivity index (χ4n) is 1.78. The third-order valence-corrected chi connectivity index (χ3v) is 2.72. The Labute approximate surface area is 87.4 Å². The molecular formula is C12H11FN2. The maximum Gasteiger partial charge on any atom is 0.123 e. The summed E-state index contributed by atoms with van der Waals surface area (Å²) >= 11 is 0. The summed E-state index contributed by atoms with van der Waals surface area (Å²) in [5, 5.41) is 0. The maximum absolute atomic E-state index is 12.8. The van der Waals surface area contributed by atoms with Gasteiger partial charge < -0.3 is 4.57 Å². The lowest BCUT2D eigenvalue weighted by Crippen LogP contribution is -1.98. The number of hydrogen-bond acceptors (Lipinski definition) is 1. The largest absolute Gasteiger partial charge is 0.304 e. The van der Waals surface area contributed by atoms with Crippen molar-refractivity contribution in [3.05, 3.63) is 48.3 Å². The van der Waals surface area contributed by atoms with E-state index in [4.69, 9.17) is 0 Å². The Bertz CT molecular complexity index is 469. The fraction of sp³-hybridized carbons (Fsp3) is 0.250. The highest BCUT2D eigenvalue weighted by molar-refractivity contribution is 5.34. The van der Waals surface area contributed by atoms with Crippen molar-refractivity contribution in [2.24, 2.45) is 0 Å². The Balaban J connectivity index is 2.04. The Morgan fingerprint density at radius 2 is 1.93 bits per heavy atom. The van der Waals surface area contributed by atoms with Crippen LogP contribution in [-0.2, 0) is 0 Å². The quantitative estimate of drug-likeness (QED) is 0.732. The van der Waals surface area contributed by atoms with Crippen LogP contribution in [0.15, 0.2) is 36.7 Å². The topological polar surface area (TPSA) is 17.8 Å². The average molecular weight is 202 g/mol. The van der Waals surface area contributed by atoms with E-state index in [1.165, 1.54) is 25.0 Å². The van der Waals surface area contributed by atoms with Crippen molar-refractivity contribution in [2.45, 2.75) is 18.8 Å². The van der Waals surface area contributed by atoms with Crippen molar-refractivity contribution >= 4 is 0 Å². The second-order valence-electron chi connectivity index (χ2n) is 3.91. The van der Waals surface area contributed by atoms with Gasteiger partial charge >= 0.3 is 0 Å². The van der Waals surface area contributed by atoms with Crippen molar-refractivity contribution < 1.29 is 4.39 Å². The van der Waals surface area contributed by atoms with Gasteiger partial charge in [-0.15, -0.1) is 0 Å². The minimum absolute atomic E-state index is 0.202. The van der Waals surface area contributed by atoms with Gasteiger partial charge in [-0.1, -0.05) is 0 Å². The van der Waals surface area contributed by atoms with Crippen LogP contribution in [0.2, 0.25) is 0 Å². The van der Waals surface area contributed by atoms with Crippen LogP contribution >= 0.6 is 0 Å². The van der Waals surface area contributed by atoms with Gasteiger partial charge in [0.2, 0.25) is 0 Å². The van der Waals surface area contributed by atoms with Crippen molar-refractivity contribution in [1.82, 2.24) is 9.55 Å². The molecule has 1 heterocycles. The van der Waals surface area contributed by atoms with Crippen molar-refractivity contribution in [1.29, 1.82) is 0 Å². The fourth-order valence-corrected chi connectivity index (χ4v) is 1.78. The molecule has 3 heteroatoms. The summed E-state index contributed by atoms with van der Waals surface area (Å²) in [7, 11) is 0. The zero-order valence-electron chi connectivity index (χ0n) is 8.23. The van der Waals surface area contributed by atoms with Gasteiger partial charge in [0.25, 0.3) is 0 Å². The Morgan fingerprint density at radius 1 is 1.20 bits per heavy atom. The second-order valence-corrected chi connectivity index (χ2v) is 3.91. The first-order valence-corrected chi connectivity index (χ1v) is 5.14. The molecule has 1 aromatic carbocycles. The molecular weight excluding hydrogens is 191 g/mol. The zero-order chi connectivity index (χ0) is 10.3. The summed E-state index contributed by atoms with van der Waals surface area (Å²) in [6.45, 7) is 0. The molecule has 1 fully saturated rings. The first-order chi connectivity index (χ1) is 7.34. The summed E-state index contributed by atoms with van der Waals surface area (Å²) in [6.07, 6.45) is 6.17. The Kier molecular flexibility index (Phi) is 1.84. The van der Waals surface area contributed by atoms with E-state index < -0.39 is 0 Å². The summed E-state index contributed by atoms with van der Waals surface area (Å²) in [4.78, 5) is 4.35. The van der Waals surface area contributed by atoms with Crippen LogP contribution in [0.25, 0.3) is 5.69 Å². The minimum atomic E-state index is -0.202. The summed E-state index contributed by atoms with van der Waals surface area (Å²) in [5.74, 6) is 1.50. The monoisotopic (exact) mass is 202 g/mol. The van der Waals surface area contributed by atoms with Crippen LogP contribution in [0.4, 0.5) is 4.39 Å². The number of hydrogen-bond donors (Lipinski definition) is 0. The standard InChI is InChI=1S/C12H11FN2/c13-10-3-5-11(6-4-10)15-8-7-14-12(15)9-1-2-9/h3-9H,1-2H2. The van der Waals surface area contributed by atoms with Gasteiger partial charge in [0.05, 0.1) is 0 Å². The van der Waals surface area contributed by atoms with Crippen molar-refractivity contribution in [3.63, 3.8) is 0 Å². The second kappa shape index (κ2) is 3.19. The molecule has 0 unspecified atom stereocenters. The smallest absolute Gasteiger partial charge is 0.123 e. The van der Waals surface area contributed by atoms with Crippen LogP contribution in [0, 0.1) is 5.82 Å². The molecule has 0 radical (unpaired) electrons. The molecule has 2 aromatic rings. The Hall–Kier alpha value is -1.64. The van der Waals surface area contributed by atoms with Crippen molar-refractivity contribution in [2.75, 3.05) is 0 Å². The lowest BCUT2D eigenvalue weighted by atomic mass is 10.3. The van der Waals surface area contributed by atoms with Gasteiger partial charge in [0.1, 0.15) is 11.6 Å². The van der Waals surface area contributed by atoms with Gasteiger partial charge in [0, 0.05) is 24.0 Å². The van der Waals surface area contributed by atoms with Crippen LogP contribution in [0.1, 0.15) is 24.6 Å². The number of benzene rings is 1. The van der Waals surface area contributed by atoms with Crippen LogP contribution in [-0.4, -0.2) is 9.55 Å². The number of nitrogens with zero attached hydrogens (tertiary/aromatic N) is 2. The highest BCUT2D eigenvalue weighted by atomic mass is 19.1. The van der Waals surface area contributed by atoms with Crippen LogP contribution in [0.5, 0.6) is 0 Å². The van der Waals surface area contributed by atoms with Crippen LogP contribution < -0.4 is 0 Å². The molecule has 3 rings (SSSR count). The van der Waals surface area contributed by atoms with E-state index in [0.29, 0.717) is 5.92 Å². The number of imidazole rings is 1. The van der Waals surface area contributed by atoms with Crippen LogP contribution in [0.3, 0.4) is 0 Å². The average Bonchev–Trinajstić information content (AvgIpc) is 2.98. The zero-order valence-corrected chi connectivity index (χ0v) is 8.23. The molecule has 0 N–H and O–H groups in total. The lowest BCUT2D eigenvalue weighted by molar-refractivity contribution is 0.627. The lowest BCUT2D eigenvalue weighted by Gasteiger charge is -2.06. The Morgan fingerprint density at radius 3 is 2.60 bits per heavy atom. The summed E-state index contributed by atoms with van der Waals surface area (Å²) in [5.41, 5.74) is 0.982. The first-order valence-electron chi connectivity index (χ1n) is 5.14. The molecule has 2 nitrogen and oxygen atoms in total. The number of rotatable bonds is 2. The molecule has 15 heavy (non-hydrogen) atoms. The molecule has 1 aliphatic rings. The summed E-state index contributed by atoms with van der Waals surface area (Å²) in [6, 6.07) is 6.52. The molecule has 76 valence electrons. The minimum Gasteiger partial charge on any atom is -0.304 e. The number of halogens is 1. The van der Waals surface area contributed by atoms with E-state index in [2.05, 4.69) is 4.98 Å². The maximum atomic E-state index is 12.8. The summed E-state index contributed by atoms with van der Waals surface area (Å²) < 4.78 is 14.8. The predicted octanol–water partition coefficient (Wildman–Crippen LogP) is 2.89.